The Morgan fingerprint density at radius 1 is 1.13 bits per heavy atom. The minimum Gasteiger partial charge on any atom is -0.362 e. The fraction of sp³-hybridized carbons (Fsp3) is 0.524. The number of hydrogen-bond acceptors (Lipinski definition) is 5. The molecule has 1 aromatic carbocycles. The van der Waals surface area contributed by atoms with Crippen LogP contribution >= 0.6 is 11.3 Å². The average Bonchev–Trinajstić information content (AvgIpc) is 3.25. The van der Waals surface area contributed by atoms with Crippen molar-refractivity contribution in [1.82, 2.24) is 4.98 Å². The Morgan fingerprint density at radius 3 is 2.40 bits per heavy atom. The molecule has 0 radical (unpaired) electrons. The number of anilines is 1. The Bertz CT molecular complexity index is 964. The molecule has 9 heteroatoms. The van der Waals surface area contributed by atoms with Crippen molar-refractivity contribution in [3.8, 4) is 11.3 Å². The van der Waals surface area contributed by atoms with Crippen molar-refractivity contribution in [3.63, 3.8) is 0 Å². The molecule has 1 N–H and O–H groups in total. The van der Waals surface area contributed by atoms with E-state index in [2.05, 4.69) is 10.1 Å². The third kappa shape index (κ3) is 3.32. The van der Waals surface area contributed by atoms with Crippen molar-refractivity contribution in [1.29, 1.82) is 0 Å². The standard InChI is InChI=1S/C21H23F4N3OS/c1-19(2,3)14-5-4-6-15-17(14)27-28(20(15,29)21(23,24)25)18-26-16(11-30-18)12-7-9-13(22)10-8-12/h7-11,14-15,29H,4-6H2,1-3H3/t14-,15-,20-/m1/s1. The summed E-state index contributed by atoms with van der Waals surface area (Å²) in [6, 6.07) is 5.54. The first-order chi connectivity index (χ1) is 13.9. The van der Waals surface area contributed by atoms with E-state index in [1.165, 1.54) is 24.3 Å². The van der Waals surface area contributed by atoms with E-state index in [4.69, 9.17) is 0 Å². The smallest absolute Gasteiger partial charge is 0.362 e. The monoisotopic (exact) mass is 441 g/mol. The molecule has 0 bridgehead atoms. The minimum absolute atomic E-state index is 0.0382. The van der Waals surface area contributed by atoms with Crippen LogP contribution < -0.4 is 5.01 Å². The summed E-state index contributed by atoms with van der Waals surface area (Å²) in [4.78, 5) is 4.30. The number of halogens is 4. The summed E-state index contributed by atoms with van der Waals surface area (Å²) in [5.41, 5.74) is -2.04. The lowest BCUT2D eigenvalue weighted by atomic mass is 9.66. The van der Waals surface area contributed by atoms with Crippen molar-refractivity contribution in [2.75, 3.05) is 5.01 Å². The number of hydrogen-bond donors (Lipinski definition) is 1. The molecule has 4 rings (SSSR count). The van der Waals surface area contributed by atoms with Crippen molar-refractivity contribution in [3.05, 3.63) is 35.5 Å². The normalized spacial score (nSPS) is 27.2. The Balaban J connectivity index is 1.79. The number of benzene rings is 1. The highest BCUT2D eigenvalue weighted by Crippen LogP contribution is 2.53. The van der Waals surface area contributed by atoms with Gasteiger partial charge in [-0.3, -0.25) is 0 Å². The number of thiazole rings is 1. The minimum atomic E-state index is -4.91. The van der Waals surface area contributed by atoms with Crippen LogP contribution in [0.2, 0.25) is 0 Å². The number of rotatable bonds is 2. The molecule has 1 saturated carbocycles. The number of alkyl halides is 3. The quantitative estimate of drug-likeness (QED) is 0.596. The van der Waals surface area contributed by atoms with E-state index in [1.807, 2.05) is 20.8 Å². The van der Waals surface area contributed by atoms with Crippen LogP contribution in [-0.2, 0) is 0 Å². The van der Waals surface area contributed by atoms with E-state index in [0.29, 0.717) is 28.4 Å². The highest BCUT2D eigenvalue weighted by molar-refractivity contribution is 7.14. The Kier molecular flexibility index (Phi) is 4.97. The van der Waals surface area contributed by atoms with E-state index in [1.54, 1.807) is 5.38 Å². The van der Waals surface area contributed by atoms with Crippen LogP contribution in [0.1, 0.15) is 40.0 Å². The number of fused-ring (bicyclic) bond motifs is 1. The molecule has 1 fully saturated rings. The fourth-order valence-electron chi connectivity index (χ4n) is 4.45. The summed E-state index contributed by atoms with van der Waals surface area (Å²) in [7, 11) is 0. The molecule has 3 atom stereocenters. The SMILES string of the molecule is CC(C)(C)[C@@H]1CCC[C@@H]2C1=NN(c1nc(-c3ccc(F)cc3)cs1)[C@]2(O)C(F)(F)F. The van der Waals surface area contributed by atoms with Crippen molar-refractivity contribution in [2.24, 2.45) is 22.4 Å². The van der Waals surface area contributed by atoms with Gasteiger partial charge in [0, 0.05) is 16.9 Å². The lowest BCUT2D eigenvalue weighted by molar-refractivity contribution is -0.269. The van der Waals surface area contributed by atoms with Crippen LogP contribution in [0.4, 0.5) is 22.7 Å². The third-order valence-corrected chi connectivity index (χ3v) is 6.82. The average molecular weight is 441 g/mol. The van der Waals surface area contributed by atoms with Crippen LogP contribution in [0.15, 0.2) is 34.7 Å². The Labute approximate surface area is 176 Å². The summed E-state index contributed by atoms with van der Waals surface area (Å²) < 4.78 is 55.8. The van der Waals surface area contributed by atoms with Crippen LogP contribution in [0, 0.1) is 23.1 Å². The lowest BCUT2D eigenvalue weighted by Gasteiger charge is -2.41. The van der Waals surface area contributed by atoms with E-state index < -0.39 is 23.6 Å². The molecule has 0 saturated heterocycles. The number of hydrazone groups is 1. The van der Waals surface area contributed by atoms with Crippen molar-refractivity contribution in [2.45, 2.75) is 51.9 Å². The fourth-order valence-corrected chi connectivity index (χ4v) is 5.29. The van der Waals surface area contributed by atoms with Gasteiger partial charge in [0.1, 0.15) is 5.82 Å². The van der Waals surface area contributed by atoms with Gasteiger partial charge >= 0.3 is 6.18 Å². The summed E-state index contributed by atoms with van der Waals surface area (Å²) in [6.45, 7) is 5.94. The maximum Gasteiger partial charge on any atom is 0.439 e. The topological polar surface area (TPSA) is 48.7 Å². The van der Waals surface area contributed by atoms with Crippen LogP contribution in [-0.4, -0.2) is 27.7 Å². The lowest BCUT2D eigenvalue weighted by Crippen LogP contribution is -2.61. The van der Waals surface area contributed by atoms with Gasteiger partial charge in [-0.15, -0.1) is 11.3 Å². The van der Waals surface area contributed by atoms with Gasteiger partial charge in [-0.05, 0) is 42.5 Å². The van der Waals surface area contributed by atoms with Gasteiger partial charge in [0.05, 0.1) is 17.3 Å². The first-order valence-electron chi connectivity index (χ1n) is 9.82. The summed E-state index contributed by atoms with van der Waals surface area (Å²) in [5, 5.41) is 17.6. The maximum atomic E-state index is 14.2. The van der Waals surface area contributed by atoms with Crippen LogP contribution in [0.5, 0.6) is 0 Å². The van der Waals surface area contributed by atoms with Crippen molar-refractivity contribution >= 4 is 22.2 Å². The second-order valence-corrected chi connectivity index (χ2v) is 9.82. The van der Waals surface area contributed by atoms with Gasteiger partial charge in [0.25, 0.3) is 5.72 Å². The second-order valence-electron chi connectivity index (χ2n) is 8.98. The molecule has 2 aromatic rings. The largest absolute Gasteiger partial charge is 0.439 e. The molecule has 1 aromatic heterocycles. The maximum absolute atomic E-state index is 14.2. The third-order valence-electron chi connectivity index (χ3n) is 6.00. The molecular weight excluding hydrogens is 418 g/mol. The van der Waals surface area contributed by atoms with Gasteiger partial charge in [-0.25, -0.2) is 9.37 Å². The Morgan fingerprint density at radius 2 is 1.80 bits per heavy atom. The number of aliphatic hydroxyl groups is 1. The highest BCUT2D eigenvalue weighted by atomic mass is 32.1. The molecule has 30 heavy (non-hydrogen) atoms. The van der Waals surface area contributed by atoms with Gasteiger partial charge in [0.15, 0.2) is 0 Å². The summed E-state index contributed by atoms with van der Waals surface area (Å²) in [5.74, 6) is -1.70. The Hall–Kier alpha value is -2.00. The number of aromatic nitrogens is 1. The predicted octanol–water partition coefficient (Wildman–Crippen LogP) is 5.84. The van der Waals surface area contributed by atoms with E-state index in [9.17, 15) is 22.7 Å². The first kappa shape index (κ1) is 21.2. The zero-order valence-electron chi connectivity index (χ0n) is 16.9. The zero-order chi connectivity index (χ0) is 21.9. The first-order valence-corrected chi connectivity index (χ1v) is 10.7. The summed E-state index contributed by atoms with van der Waals surface area (Å²) in [6.07, 6.45) is -3.37. The predicted molar refractivity (Wildman–Crippen MR) is 109 cm³/mol. The molecular formula is C21H23F4N3OS. The van der Waals surface area contributed by atoms with Gasteiger partial charge < -0.3 is 5.11 Å². The molecule has 0 spiro atoms. The molecule has 2 heterocycles. The van der Waals surface area contributed by atoms with E-state index >= 15 is 0 Å². The molecule has 1 aliphatic carbocycles. The van der Waals surface area contributed by atoms with Gasteiger partial charge in [-0.1, -0.05) is 27.2 Å². The van der Waals surface area contributed by atoms with E-state index in [-0.39, 0.29) is 22.9 Å². The highest BCUT2D eigenvalue weighted by Gasteiger charge is 2.69. The second kappa shape index (κ2) is 7.02. The van der Waals surface area contributed by atoms with Gasteiger partial charge in [0.2, 0.25) is 5.13 Å². The summed E-state index contributed by atoms with van der Waals surface area (Å²) >= 11 is 0.972. The van der Waals surface area contributed by atoms with Gasteiger partial charge in [-0.2, -0.15) is 23.3 Å². The van der Waals surface area contributed by atoms with E-state index in [0.717, 1.165) is 17.8 Å². The number of nitrogens with zero attached hydrogens (tertiary/aromatic N) is 3. The van der Waals surface area contributed by atoms with Crippen molar-refractivity contribution < 1.29 is 22.7 Å². The molecule has 1 aliphatic heterocycles. The van der Waals surface area contributed by atoms with Crippen LogP contribution in [0.25, 0.3) is 11.3 Å². The molecule has 0 unspecified atom stereocenters. The molecule has 162 valence electrons. The molecule has 2 aliphatic rings. The molecule has 4 nitrogen and oxygen atoms in total. The zero-order valence-corrected chi connectivity index (χ0v) is 17.7. The molecule has 0 amide bonds. The van der Waals surface area contributed by atoms with Crippen LogP contribution in [0.3, 0.4) is 0 Å².